The van der Waals surface area contributed by atoms with Crippen LogP contribution in [0.1, 0.15) is 5.69 Å². The minimum atomic E-state index is -0.343. The number of anilines is 1. The largest absolute Gasteiger partial charge is 0.381 e. The molecule has 18 heavy (non-hydrogen) atoms. The van der Waals surface area contributed by atoms with Crippen LogP contribution >= 0.6 is 0 Å². The van der Waals surface area contributed by atoms with E-state index in [-0.39, 0.29) is 11.6 Å². The smallest absolute Gasteiger partial charge is 0.172 e. The third kappa shape index (κ3) is 1.48. The number of aromatic nitrogens is 2. The first kappa shape index (κ1) is 10.8. The fraction of sp³-hybridized carbons (Fsp3) is 0.154. The van der Waals surface area contributed by atoms with E-state index in [1.54, 1.807) is 6.07 Å². The second kappa shape index (κ2) is 3.60. The highest BCUT2D eigenvalue weighted by Gasteiger charge is 2.14. The number of benzene rings is 1. The Bertz CT molecular complexity index is 742. The fourth-order valence-corrected chi connectivity index (χ4v) is 2.10. The summed E-state index contributed by atoms with van der Waals surface area (Å²) in [5.74, 6) is 0.238. The van der Waals surface area contributed by atoms with Crippen LogP contribution in [-0.2, 0) is 7.05 Å². The predicted octanol–water partition coefficient (Wildman–Crippen LogP) is 2.86. The van der Waals surface area contributed by atoms with Crippen molar-refractivity contribution in [2.45, 2.75) is 6.92 Å². The highest BCUT2D eigenvalue weighted by Crippen LogP contribution is 2.29. The highest BCUT2D eigenvalue weighted by atomic mass is 19.1. The van der Waals surface area contributed by atoms with E-state index in [1.807, 2.05) is 24.6 Å². The summed E-state index contributed by atoms with van der Waals surface area (Å²) in [6.07, 6.45) is 0. The summed E-state index contributed by atoms with van der Waals surface area (Å²) in [6.45, 7) is 1.98. The van der Waals surface area contributed by atoms with E-state index in [4.69, 9.17) is 10.3 Å². The van der Waals surface area contributed by atoms with Gasteiger partial charge in [-0.25, -0.2) is 4.39 Å². The molecular weight excluding hydrogens is 233 g/mol. The van der Waals surface area contributed by atoms with E-state index in [0.29, 0.717) is 11.3 Å². The molecule has 0 fully saturated rings. The lowest BCUT2D eigenvalue weighted by Gasteiger charge is -2.02. The van der Waals surface area contributed by atoms with Gasteiger partial charge in [0.05, 0.1) is 5.56 Å². The molecule has 3 rings (SSSR count). The van der Waals surface area contributed by atoms with Gasteiger partial charge in [0.1, 0.15) is 5.82 Å². The van der Waals surface area contributed by atoms with Crippen molar-refractivity contribution in [3.63, 3.8) is 0 Å². The van der Waals surface area contributed by atoms with Crippen LogP contribution in [0.2, 0.25) is 0 Å². The monoisotopic (exact) mass is 245 g/mol. The van der Waals surface area contributed by atoms with Gasteiger partial charge in [-0.15, -0.1) is 0 Å². The van der Waals surface area contributed by atoms with Crippen molar-refractivity contribution in [3.05, 3.63) is 35.8 Å². The second-order valence-electron chi connectivity index (χ2n) is 4.35. The van der Waals surface area contributed by atoms with E-state index in [0.717, 1.165) is 16.6 Å². The Balaban J connectivity index is 2.29. The maximum absolute atomic E-state index is 14.0. The molecule has 92 valence electrons. The molecule has 0 aliphatic carbocycles. The van der Waals surface area contributed by atoms with E-state index in [9.17, 15) is 4.39 Å². The van der Waals surface area contributed by atoms with Crippen LogP contribution in [0.15, 0.2) is 28.8 Å². The lowest BCUT2D eigenvalue weighted by molar-refractivity contribution is 0.433. The molecule has 0 spiro atoms. The van der Waals surface area contributed by atoms with Gasteiger partial charge in [0.2, 0.25) is 0 Å². The van der Waals surface area contributed by atoms with Crippen molar-refractivity contribution >= 4 is 16.7 Å². The molecule has 0 saturated carbocycles. The number of nitrogen functional groups attached to an aromatic ring is 1. The van der Waals surface area contributed by atoms with Gasteiger partial charge >= 0.3 is 0 Å². The molecule has 2 aromatic heterocycles. The van der Waals surface area contributed by atoms with Crippen LogP contribution in [0.25, 0.3) is 22.2 Å². The van der Waals surface area contributed by atoms with Crippen LogP contribution in [0.3, 0.4) is 0 Å². The molecule has 2 heterocycles. The van der Waals surface area contributed by atoms with Gasteiger partial charge in [-0.1, -0.05) is 5.16 Å². The Morgan fingerprint density at radius 1 is 1.28 bits per heavy atom. The van der Waals surface area contributed by atoms with Crippen molar-refractivity contribution in [2.24, 2.45) is 7.05 Å². The Morgan fingerprint density at radius 2 is 2.06 bits per heavy atom. The highest BCUT2D eigenvalue weighted by molar-refractivity contribution is 5.86. The van der Waals surface area contributed by atoms with Crippen LogP contribution in [-0.4, -0.2) is 9.72 Å². The van der Waals surface area contributed by atoms with Gasteiger partial charge in [-0.05, 0) is 25.1 Å². The van der Waals surface area contributed by atoms with Crippen LogP contribution in [0.5, 0.6) is 0 Å². The standard InChI is InChI=1S/C13H12FN3O/c1-7-3-8-4-10(14)9(5-11(8)17(7)2)12-6-13(15)16-18-12/h3-6H,1-2H3,(H2,15,16). The molecule has 0 unspecified atom stereocenters. The Kier molecular flexibility index (Phi) is 2.16. The van der Waals surface area contributed by atoms with Gasteiger partial charge in [-0.3, -0.25) is 0 Å². The number of nitrogens with two attached hydrogens (primary N) is 1. The number of hydrogen-bond acceptors (Lipinski definition) is 3. The van der Waals surface area contributed by atoms with Gasteiger partial charge in [-0.2, -0.15) is 0 Å². The molecular formula is C13H12FN3O. The molecule has 0 aliphatic heterocycles. The number of rotatable bonds is 1. The third-order valence-corrected chi connectivity index (χ3v) is 3.16. The summed E-state index contributed by atoms with van der Waals surface area (Å²) in [7, 11) is 1.94. The molecule has 0 radical (unpaired) electrons. The molecule has 3 aromatic rings. The van der Waals surface area contributed by atoms with Crippen molar-refractivity contribution in [3.8, 4) is 11.3 Å². The van der Waals surface area contributed by atoms with Crippen LogP contribution in [0.4, 0.5) is 10.2 Å². The molecule has 0 amide bonds. The number of halogens is 1. The number of aryl methyl sites for hydroxylation is 2. The lowest BCUT2D eigenvalue weighted by Crippen LogP contribution is -1.91. The molecule has 0 atom stereocenters. The molecule has 2 N–H and O–H groups in total. The first-order valence-electron chi connectivity index (χ1n) is 5.54. The van der Waals surface area contributed by atoms with Crippen molar-refractivity contribution < 1.29 is 8.91 Å². The van der Waals surface area contributed by atoms with Crippen molar-refractivity contribution in [1.82, 2.24) is 9.72 Å². The van der Waals surface area contributed by atoms with Gasteiger partial charge in [0.25, 0.3) is 0 Å². The average molecular weight is 245 g/mol. The van der Waals surface area contributed by atoms with Gasteiger partial charge in [0, 0.05) is 29.7 Å². The van der Waals surface area contributed by atoms with E-state index < -0.39 is 0 Å². The molecule has 0 saturated heterocycles. The molecule has 5 heteroatoms. The maximum atomic E-state index is 14.0. The topological polar surface area (TPSA) is 57.0 Å². The Labute approximate surface area is 103 Å². The number of nitrogens with zero attached hydrogens (tertiary/aromatic N) is 2. The third-order valence-electron chi connectivity index (χ3n) is 3.16. The molecule has 1 aromatic carbocycles. The average Bonchev–Trinajstić information content (AvgIpc) is 2.84. The normalized spacial score (nSPS) is 11.3. The van der Waals surface area contributed by atoms with E-state index in [1.165, 1.54) is 12.1 Å². The first-order chi connectivity index (χ1) is 8.56. The summed E-state index contributed by atoms with van der Waals surface area (Å²) in [5.41, 5.74) is 7.86. The zero-order valence-corrected chi connectivity index (χ0v) is 10.1. The molecule has 4 nitrogen and oxygen atoms in total. The van der Waals surface area contributed by atoms with E-state index in [2.05, 4.69) is 5.16 Å². The summed E-state index contributed by atoms with van der Waals surface area (Å²) in [4.78, 5) is 0. The second-order valence-corrected chi connectivity index (χ2v) is 4.35. The van der Waals surface area contributed by atoms with Gasteiger partial charge < -0.3 is 14.8 Å². The quantitative estimate of drug-likeness (QED) is 0.717. The summed E-state index contributed by atoms with van der Waals surface area (Å²) < 4.78 is 21.0. The Morgan fingerprint density at radius 3 is 2.72 bits per heavy atom. The summed E-state index contributed by atoms with van der Waals surface area (Å²) in [6, 6.07) is 6.70. The van der Waals surface area contributed by atoms with E-state index >= 15 is 0 Å². The first-order valence-corrected chi connectivity index (χ1v) is 5.54. The minimum absolute atomic E-state index is 0.243. The SMILES string of the molecule is Cc1cc2cc(F)c(-c3cc(N)no3)cc2n1C. The lowest BCUT2D eigenvalue weighted by atomic mass is 10.1. The Hall–Kier alpha value is -2.30. The summed E-state index contributed by atoms with van der Waals surface area (Å²) >= 11 is 0. The predicted molar refractivity (Wildman–Crippen MR) is 67.5 cm³/mol. The fourth-order valence-electron chi connectivity index (χ4n) is 2.10. The summed E-state index contributed by atoms with van der Waals surface area (Å²) in [5, 5.41) is 4.44. The van der Waals surface area contributed by atoms with Crippen molar-refractivity contribution in [1.29, 1.82) is 0 Å². The molecule has 0 aliphatic rings. The van der Waals surface area contributed by atoms with Crippen LogP contribution in [0, 0.1) is 12.7 Å². The minimum Gasteiger partial charge on any atom is -0.381 e. The number of fused-ring (bicyclic) bond motifs is 1. The maximum Gasteiger partial charge on any atom is 0.172 e. The number of hydrogen-bond donors (Lipinski definition) is 1. The zero-order chi connectivity index (χ0) is 12.9. The van der Waals surface area contributed by atoms with Crippen LogP contribution < -0.4 is 5.73 Å². The molecule has 0 bridgehead atoms. The zero-order valence-electron chi connectivity index (χ0n) is 10.1. The van der Waals surface area contributed by atoms with Crippen molar-refractivity contribution in [2.75, 3.05) is 5.73 Å². The van der Waals surface area contributed by atoms with Gasteiger partial charge in [0.15, 0.2) is 11.6 Å².